The molecule has 0 bridgehead atoms. The predicted octanol–water partition coefficient (Wildman–Crippen LogP) is 3.07. The number of carbonyl (C=O) groups excluding carboxylic acids is 2. The van der Waals surface area contributed by atoms with E-state index < -0.39 is 6.03 Å². The van der Waals surface area contributed by atoms with Gasteiger partial charge in [-0.15, -0.1) is 0 Å². The van der Waals surface area contributed by atoms with Crippen molar-refractivity contribution in [3.05, 3.63) is 53.6 Å². The molecule has 1 aliphatic heterocycles. The molecule has 0 unspecified atom stereocenters. The zero-order chi connectivity index (χ0) is 19.5. The van der Waals surface area contributed by atoms with Gasteiger partial charge in [0, 0.05) is 17.8 Å². The first-order chi connectivity index (χ1) is 13.6. The molecule has 0 radical (unpaired) electrons. The number of ether oxygens (including phenoxy) is 2. The van der Waals surface area contributed by atoms with Gasteiger partial charge in [-0.1, -0.05) is 24.3 Å². The minimum absolute atomic E-state index is 0.146. The van der Waals surface area contributed by atoms with Crippen molar-refractivity contribution < 1.29 is 19.1 Å². The van der Waals surface area contributed by atoms with Crippen molar-refractivity contribution >= 4 is 17.6 Å². The number of urea groups is 1. The lowest BCUT2D eigenvalue weighted by Gasteiger charge is -2.32. The van der Waals surface area contributed by atoms with Gasteiger partial charge in [-0.3, -0.25) is 15.0 Å². The summed E-state index contributed by atoms with van der Waals surface area (Å²) < 4.78 is 10.5. The fraction of sp³-hybridized carbons (Fsp3) is 0.333. The third kappa shape index (κ3) is 3.94. The number of amides is 3. The molecule has 0 saturated heterocycles. The fourth-order valence-electron chi connectivity index (χ4n) is 3.83. The Balaban J connectivity index is 1.32. The van der Waals surface area contributed by atoms with Crippen LogP contribution in [0.1, 0.15) is 30.0 Å². The Morgan fingerprint density at radius 2 is 1.96 bits per heavy atom. The van der Waals surface area contributed by atoms with E-state index in [1.165, 1.54) is 11.1 Å². The first-order valence-electron chi connectivity index (χ1n) is 9.38. The van der Waals surface area contributed by atoms with Gasteiger partial charge >= 0.3 is 6.03 Å². The summed E-state index contributed by atoms with van der Waals surface area (Å²) in [6.07, 6.45) is 3.17. The number of likely N-dealkylation sites (N-methyl/N-ethyl adjacent to an activating group) is 1. The van der Waals surface area contributed by atoms with Gasteiger partial charge in [0.05, 0.1) is 6.54 Å². The summed E-state index contributed by atoms with van der Waals surface area (Å²) in [5, 5.41) is 5.03. The Labute approximate surface area is 163 Å². The lowest BCUT2D eigenvalue weighted by Crippen LogP contribution is -2.42. The molecule has 1 aliphatic carbocycles. The highest BCUT2D eigenvalue weighted by Gasteiger charge is 2.25. The summed E-state index contributed by atoms with van der Waals surface area (Å²) in [7, 11) is 1.92. The van der Waals surface area contributed by atoms with Crippen LogP contribution >= 0.6 is 0 Å². The van der Waals surface area contributed by atoms with Crippen molar-refractivity contribution in [3.63, 3.8) is 0 Å². The number of imide groups is 1. The molecule has 2 N–H and O–H groups in total. The third-order valence-electron chi connectivity index (χ3n) is 5.15. The molecule has 1 atom stereocenters. The first-order valence-corrected chi connectivity index (χ1v) is 9.38. The van der Waals surface area contributed by atoms with E-state index in [0.717, 1.165) is 19.3 Å². The second-order valence-corrected chi connectivity index (χ2v) is 7.09. The predicted molar refractivity (Wildman–Crippen MR) is 104 cm³/mol. The maximum Gasteiger partial charge on any atom is 0.325 e. The number of nitrogens with zero attached hydrogens (tertiary/aromatic N) is 1. The lowest BCUT2D eigenvalue weighted by molar-refractivity contribution is -0.121. The molecular weight excluding hydrogens is 358 g/mol. The van der Waals surface area contributed by atoms with Crippen LogP contribution in [-0.4, -0.2) is 37.2 Å². The average molecular weight is 381 g/mol. The van der Waals surface area contributed by atoms with E-state index in [4.69, 9.17) is 9.47 Å². The summed E-state index contributed by atoms with van der Waals surface area (Å²) in [5.74, 6) is 0.861. The summed E-state index contributed by atoms with van der Waals surface area (Å²) >= 11 is 0. The van der Waals surface area contributed by atoms with E-state index >= 15 is 0 Å². The molecule has 28 heavy (non-hydrogen) atoms. The number of benzene rings is 2. The second kappa shape index (κ2) is 7.90. The van der Waals surface area contributed by atoms with Gasteiger partial charge in [0.2, 0.25) is 12.7 Å². The highest BCUT2D eigenvalue weighted by Crippen LogP contribution is 2.34. The van der Waals surface area contributed by atoms with E-state index in [-0.39, 0.29) is 25.3 Å². The molecule has 2 aromatic rings. The Morgan fingerprint density at radius 3 is 2.86 bits per heavy atom. The molecular formula is C21H23N3O4. The quantitative estimate of drug-likeness (QED) is 0.851. The number of hydrogen-bond donors (Lipinski definition) is 2. The van der Waals surface area contributed by atoms with Crippen LogP contribution in [0.3, 0.4) is 0 Å². The number of hydrogen-bond acceptors (Lipinski definition) is 5. The minimum atomic E-state index is -0.568. The highest BCUT2D eigenvalue weighted by molar-refractivity contribution is 6.01. The van der Waals surface area contributed by atoms with Crippen molar-refractivity contribution in [1.29, 1.82) is 0 Å². The van der Waals surface area contributed by atoms with E-state index in [1.807, 2.05) is 24.1 Å². The van der Waals surface area contributed by atoms with Gasteiger partial charge in [0.25, 0.3) is 0 Å². The maximum absolute atomic E-state index is 12.3. The maximum atomic E-state index is 12.3. The van der Waals surface area contributed by atoms with Gasteiger partial charge in [0.15, 0.2) is 11.5 Å². The van der Waals surface area contributed by atoms with Crippen molar-refractivity contribution in [2.24, 2.45) is 0 Å². The number of rotatable bonds is 4. The second-order valence-electron chi connectivity index (χ2n) is 7.09. The molecule has 4 rings (SSSR count). The molecule has 146 valence electrons. The van der Waals surface area contributed by atoms with Crippen molar-refractivity contribution in [2.75, 3.05) is 25.7 Å². The Morgan fingerprint density at radius 1 is 1.14 bits per heavy atom. The summed E-state index contributed by atoms with van der Waals surface area (Å²) in [6, 6.07) is 13.1. The number of aryl methyl sites for hydroxylation is 1. The number of anilines is 1. The summed E-state index contributed by atoms with van der Waals surface area (Å²) in [5.41, 5.74) is 3.14. The van der Waals surface area contributed by atoms with E-state index in [1.54, 1.807) is 18.2 Å². The third-order valence-corrected chi connectivity index (χ3v) is 5.15. The Hall–Kier alpha value is -3.06. The van der Waals surface area contributed by atoms with Crippen molar-refractivity contribution in [1.82, 2.24) is 10.2 Å². The smallest absolute Gasteiger partial charge is 0.325 e. The molecule has 0 aromatic heterocycles. The monoisotopic (exact) mass is 381 g/mol. The van der Waals surface area contributed by atoms with Crippen LogP contribution in [0.5, 0.6) is 11.5 Å². The zero-order valence-corrected chi connectivity index (χ0v) is 15.7. The molecule has 0 fully saturated rings. The van der Waals surface area contributed by atoms with E-state index in [0.29, 0.717) is 17.2 Å². The topological polar surface area (TPSA) is 79.9 Å². The molecule has 7 heteroatoms. The van der Waals surface area contributed by atoms with Crippen molar-refractivity contribution in [3.8, 4) is 11.5 Å². The van der Waals surface area contributed by atoms with Gasteiger partial charge < -0.3 is 14.8 Å². The molecule has 1 heterocycles. The van der Waals surface area contributed by atoms with E-state index in [2.05, 4.69) is 22.8 Å². The van der Waals surface area contributed by atoms with Crippen LogP contribution in [-0.2, 0) is 11.2 Å². The van der Waals surface area contributed by atoms with Crippen LogP contribution in [0.25, 0.3) is 0 Å². The van der Waals surface area contributed by atoms with E-state index in [9.17, 15) is 9.59 Å². The molecule has 2 aromatic carbocycles. The minimum Gasteiger partial charge on any atom is -0.454 e. The van der Waals surface area contributed by atoms with Gasteiger partial charge in [-0.05, 0) is 49.6 Å². The summed E-state index contributed by atoms with van der Waals surface area (Å²) in [4.78, 5) is 26.5. The standard InChI is InChI=1S/C21H23N3O4/c1-24(17-8-4-6-14-5-2-3-7-16(14)17)12-20(25)23-21(26)22-15-9-10-18-19(11-15)28-13-27-18/h2-3,5,7,9-11,17H,4,6,8,12-13H2,1H3,(H2,22,23,25,26)/t17-/m1/s1. The Bertz CT molecular complexity index is 899. The number of carbonyl (C=O) groups is 2. The lowest BCUT2D eigenvalue weighted by atomic mass is 9.87. The van der Waals surface area contributed by atoms with Crippen LogP contribution < -0.4 is 20.1 Å². The highest BCUT2D eigenvalue weighted by atomic mass is 16.7. The first kappa shape index (κ1) is 18.3. The summed E-state index contributed by atoms with van der Waals surface area (Å²) in [6.45, 7) is 0.313. The van der Waals surface area contributed by atoms with Gasteiger partial charge in [-0.2, -0.15) is 0 Å². The average Bonchev–Trinajstić information content (AvgIpc) is 3.15. The van der Waals surface area contributed by atoms with Crippen LogP contribution in [0, 0.1) is 0 Å². The normalized spacial score (nSPS) is 17.1. The molecule has 0 spiro atoms. The SMILES string of the molecule is CN(CC(=O)NC(=O)Nc1ccc2c(c1)OCO2)[C@@H]1CCCc2ccccc21. The van der Waals surface area contributed by atoms with Gasteiger partial charge in [0.1, 0.15) is 0 Å². The van der Waals surface area contributed by atoms with Crippen molar-refractivity contribution in [2.45, 2.75) is 25.3 Å². The Kier molecular flexibility index (Phi) is 5.16. The number of fused-ring (bicyclic) bond motifs is 2. The van der Waals surface area contributed by atoms with Crippen LogP contribution in [0.4, 0.5) is 10.5 Å². The van der Waals surface area contributed by atoms with Crippen LogP contribution in [0.15, 0.2) is 42.5 Å². The molecule has 0 saturated carbocycles. The largest absolute Gasteiger partial charge is 0.454 e. The van der Waals surface area contributed by atoms with Crippen LogP contribution in [0.2, 0.25) is 0 Å². The fourth-order valence-corrected chi connectivity index (χ4v) is 3.83. The van der Waals surface area contributed by atoms with Gasteiger partial charge in [-0.25, -0.2) is 4.79 Å². The molecule has 3 amide bonds. The molecule has 7 nitrogen and oxygen atoms in total. The number of nitrogens with one attached hydrogen (secondary N) is 2. The molecule has 2 aliphatic rings. The zero-order valence-electron chi connectivity index (χ0n) is 15.7.